The number of Topliss-reactive ketones (excluding diaryl/α,β-unsaturated/α-hetero) is 1. The highest BCUT2D eigenvalue weighted by Crippen LogP contribution is 2.45. The van der Waals surface area contributed by atoms with Crippen LogP contribution in [0.3, 0.4) is 0 Å². The van der Waals surface area contributed by atoms with Gasteiger partial charge in [0, 0.05) is 22.9 Å². The Hall–Kier alpha value is -2.89. The highest BCUT2D eigenvalue weighted by atomic mass is 16.5. The van der Waals surface area contributed by atoms with Gasteiger partial charge in [-0.1, -0.05) is 43.2 Å². The third kappa shape index (κ3) is 4.48. The summed E-state index contributed by atoms with van der Waals surface area (Å²) in [6, 6.07) is 7.86. The van der Waals surface area contributed by atoms with Gasteiger partial charge in [0.15, 0.2) is 5.78 Å². The third-order valence-corrected chi connectivity index (χ3v) is 7.20. The topological polar surface area (TPSA) is 81.7 Å². The molecule has 176 valence electrons. The summed E-state index contributed by atoms with van der Waals surface area (Å²) in [5, 5.41) is 3.32. The van der Waals surface area contributed by atoms with Crippen LogP contribution in [0.2, 0.25) is 0 Å². The second-order valence-electron chi connectivity index (χ2n) is 9.61. The molecular weight excluding hydrogens is 418 g/mol. The van der Waals surface area contributed by atoms with Gasteiger partial charge in [0.25, 0.3) is 0 Å². The van der Waals surface area contributed by atoms with Gasteiger partial charge in [-0.05, 0) is 57.4 Å². The van der Waals surface area contributed by atoms with Crippen molar-refractivity contribution in [2.24, 2.45) is 11.8 Å². The SMILES string of the molecule is COC(=O)[C@@H]1C(=O)C2=C(C[C@@H]1C)NC(C)=C(C(=O)OC1CCCCC1)[C@H]2c1ccc(C)cc1. The average Bonchev–Trinajstić information content (AvgIpc) is 2.79. The Morgan fingerprint density at radius 1 is 1.03 bits per heavy atom. The number of esters is 2. The molecule has 1 aromatic rings. The Kier molecular flexibility index (Phi) is 6.73. The van der Waals surface area contributed by atoms with Crippen LogP contribution in [0.5, 0.6) is 0 Å². The molecule has 1 aromatic carbocycles. The summed E-state index contributed by atoms with van der Waals surface area (Å²) >= 11 is 0. The van der Waals surface area contributed by atoms with Gasteiger partial charge >= 0.3 is 11.9 Å². The van der Waals surface area contributed by atoms with Gasteiger partial charge in [0.2, 0.25) is 0 Å². The molecule has 0 amide bonds. The lowest BCUT2D eigenvalue weighted by atomic mass is 9.69. The normalized spacial score (nSPS) is 25.9. The van der Waals surface area contributed by atoms with E-state index in [1.54, 1.807) is 0 Å². The second kappa shape index (κ2) is 9.54. The predicted octanol–water partition coefficient (Wildman–Crippen LogP) is 4.48. The minimum Gasteiger partial charge on any atom is -0.468 e. The first-order valence-corrected chi connectivity index (χ1v) is 11.9. The fourth-order valence-electron chi connectivity index (χ4n) is 5.44. The number of ether oxygens (including phenoxy) is 2. The Balaban J connectivity index is 1.77. The van der Waals surface area contributed by atoms with Gasteiger partial charge in [-0.15, -0.1) is 0 Å². The lowest BCUT2D eigenvalue weighted by Crippen LogP contribution is -2.43. The van der Waals surface area contributed by atoms with Crippen molar-refractivity contribution in [3.63, 3.8) is 0 Å². The van der Waals surface area contributed by atoms with E-state index in [4.69, 9.17) is 9.47 Å². The lowest BCUT2D eigenvalue weighted by molar-refractivity contribution is -0.151. The number of carbonyl (C=O) groups excluding carboxylic acids is 3. The van der Waals surface area contributed by atoms with Crippen molar-refractivity contribution in [2.75, 3.05) is 7.11 Å². The first kappa shape index (κ1) is 23.3. The number of rotatable bonds is 4. The first-order valence-electron chi connectivity index (χ1n) is 11.9. The van der Waals surface area contributed by atoms with E-state index in [0.717, 1.165) is 42.5 Å². The van der Waals surface area contributed by atoms with E-state index < -0.39 is 17.8 Å². The number of hydrogen-bond donors (Lipinski definition) is 1. The Morgan fingerprint density at radius 3 is 2.33 bits per heavy atom. The number of nitrogens with one attached hydrogen (secondary N) is 1. The molecule has 0 spiro atoms. The number of carbonyl (C=O) groups is 3. The van der Waals surface area contributed by atoms with Crippen LogP contribution in [0, 0.1) is 18.8 Å². The summed E-state index contributed by atoms with van der Waals surface area (Å²) in [6.45, 7) is 5.75. The molecule has 1 saturated carbocycles. The van der Waals surface area contributed by atoms with Crippen LogP contribution < -0.4 is 5.32 Å². The maximum Gasteiger partial charge on any atom is 0.337 e. The highest BCUT2D eigenvalue weighted by molar-refractivity contribution is 6.12. The second-order valence-corrected chi connectivity index (χ2v) is 9.61. The van der Waals surface area contributed by atoms with Crippen molar-refractivity contribution < 1.29 is 23.9 Å². The van der Waals surface area contributed by atoms with E-state index in [1.807, 2.05) is 45.0 Å². The number of methoxy groups -OCH3 is 1. The van der Waals surface area contributed by atoms with Crippen molar-refractivity contribution in [3.8, 4) is 0 Å². The van der Waals surface area contributed by atoms with Gasteiger partial charge in [-0.3, -0.25) is 9.59 Å². The molecular formula is C27H33NO5. The molecule has 6 heteroatoms. The quantitative estimate of drug-likeness (QED) is 0.537. The van der Waals surface area contributed by atoms with Gasteiger partial charge < -0.3 is 14.8 Å². The van der Waals surface area contributed by atoms with Gasteiger partial charge in [-0.25, -0.2) is 4.79 Å². The summed E-state index contributed by atoms with van der Waals surface area (Å²) in [7, 11) is 1.31. The number of allylic oxidation sites excluding steroid dienone is 3. The molecule has 1 N–H and O–H groups in total. The largest absolute Gasteiger partial charge is 0.468 e. The van der Waals surface area contributed by atoms with Crippen molar-refractivity contribution in [3.05, 3.63) is 57.9 Å². The molecule has 0 aromatic heterocycles. The molecule has 0 radical (unpaired) electrons. The molecule has 1 aliphatic heterocycles. The molecule has 3 aliphatic rings. The molecule has 4 rings (SSSR count). The van der Waals surface area contributed by atoms with E-state index in [9.17, 15) is 14.4 Å². The fourth-order valence-corrected chi connectivity index (χ4v) is 5.44. The summed E-state index contributed by atoms with van der Waals surface area (Å²) in [5.74, 6) is -2.84. The number of dihydropyridines is 1. The van der Waals surface area contributed by atoms with Crippen LogP contribution in [0.4, 0.5) is 0 Å². The Morgan fingerprint density at radius 2 is 1.70 bits per heavy atom. The number of hydrogen-bond acceptors (Lipinski definition) is 6. The lowest BCUT2D eigenvalue weighted by Gasteiger charge is -2.38. The van der Waals surface area contributed by atoms with Gasteiger partial charge in [-0.2, -0.15) is 0 Å². The summed E-state index contributed by atoms with van der Waals surface area (Å²) in [5.41, 5.74) is 4.35. The Bertz CT molecular complexity index is 1010. The van der Waals surface area contributed by atoms with Crippen molar-refractivity contribution in [2.45, 2.75) is 71.3 Å². The average molecular weight is 452 g/mol. The Labute approximate surface area is 195 Å². The summed E-state index contributed by atoms with van der Waals surface area (Å²) < 4.78 is 10.9. The predicted molar refractivity (Wildman–Crippen MR) is 124 cm³/mol. The van der Waals surface area contributed by atoms with E-state index in [-0.39, 0.29) is 23.8 Å². The molecule has 2 aliphatic carbocycles. The van der Waals surface area contributed by atoms with E-state index >= 15 is 0 Å². The van der Waals surface area contributed by atoms with Crippen LogP contribution in [-0.4, -0.2) is 30.9 Å². The van der Waals surface area contributed by atoms with Crippen LogP contribution >= 0.6 is 0 Å². The summed E-state index contributed by atoms with van der Waals surface area (Å²) in [4.78, 5) is 39.7. The molecule has 6 nitrogen and oxygen atoms in total. The molecule has 1 fully saturated rings. The van der Waals surface area contributed by atoms with Crippen molar-refractivity contribution in [1.82, 2.24) is 5.32 Å². The van der Waals surface area contributed by atoms with E-state index in [2.05, 4.69) is 5.32 Å². The maximum atomic E-state index is 13.7. The zero-order valence-electron chi connectivity index (χ0n) is 19.9. The standard InChI is InChI=1S/C27H33NO5/c1-15-10-12-18(13-11-15)23-22(27(31)33-19-8-6-5-7-9-19)17(3)28-20-14-16(2)21(26(30)32-4)25(29)24(20)23/h10-13,16,19,21,23,28H,5-9,14H2,1-4H3/t16-,21-,23+/m0/s1. The highest BCUT2D eigenvalue weighted by Gasteiger charge is 2.47. The smallest absolute Gasteiger partial charge is 0.337 e. The zero-order chi connectivity index (χ0) is 23.7. The number of ketones is 1. The van der Waals surface area contributed by atoms with Gasteiger partial charge in [0.1, 0.15) is 12.0 Å². The van der Waals surface area contributed by atoms with Crippen LogP contribution in [0.1, 0.15) is 69.4 Å². The molecule has 1 heterocycles. The zero-order valence-corrected chi connectivity index (χ0v) is 19.9. The van der Waals surface area contributed by atoms with Gasteiger partial charge in [0.05, 0.1) is 12.7 Å². The first-order chi connectivity index (χ1) is 15.8. The number of aryl methyl sites for hydroxylation is 1. The van der Waals surface area contributed by atoms with Crippen LogP contribution in [0.15, 0.2) is 46.8 Å². The molecule has 3 atom stereocenters. The van der Waals surface area contributed by atoms with Crippen molar-refractivity contribution >= 4 is 17.7 Å². The minimum atomic E-state index is -0.877. The molecule has 0 saturated heterocycles. The molecule has 33 heavy (non-hydrogen) atoms. The van der Waals surface area contributed by atoms with E-state index in [0.29, 0.717) is 23.3 Å². The van der Waals surface area contributed by atoms with Crippen LogP contribution in [0.25, 0.3) is 0 Å². The third-order valence-electron chi connectivity index (χ3n) is 7.20. The minimum absolute atomic E-state index is 0.0921. The summed E-state index contributed by atoms with van der Waals surface area (Å²) in [6.07, 6.45) is 5.47. The fraction of sp³-hybridized carbons (Fsp3) is 0.519. The van der Waals surface area contributed by atoms with Crippen molar-refractivity contribution in [1.29, 1.82) is 0 Å². The maximum absolute atomic E-state index is 13.7. The van der Waals surface area contributed by atoms with E-state index in [1.165, 1.54) is 13.5 Å². The van der Waals surface area contributed by atoms with Crippen LogP contribution in [-0.2, 0) is 23.9 Å². The molecule has 0 bridgehead atoms. The monoisotopic (exact) mass is 451 g/mol. The molecule has 0 unspecified atom stereocenters. The number of benzene rings is 1.